The van der Waals surface area contributed by atoms with Crippen molar-refractivity contribution in [3.05, 3.63) is 0 Å². The molecular formula is C12H24N2S. The van der Waals surface area contributed by atoms with Crippen LogP contribution in [-0.2, 0) is 0 Å². The van der Waals surface area contributed by atoms with Gasteiger partial charge in [0.2, 0.25) is 0 Å². The predicted molar refractivity (Wildman–Crippen MR) is 68.6 cm³/mol. The van der Waals surface area contributed by atoms with Crippen LogP contribution < -0.4 is 5.32 Å². The summed E-state index contributed by atoms with van der Waals surface area (Å²) in [7, 11) is 0. The Morgan fingerprint density at radius 1 is 1.33 bits per heavy atom. The zero-order valence-electron chi connectivity index (χ0n) is 10.3. The Bertz CT molecular complexity index is 204. The smallest absolute Gasteiger partial charge is 0.0280 e. The number of hydrogen-bond donors (Lipinski definition) is 1. The van der Waals surface area contributed by atoms with Crippen LogP contribution in [0.1, 0.15) is 33.6 Å². The Hall–Kier alpha value is 0.270. The second-order valence-electron chi connectivity index (χ2n) is 5.54. The lowest BCUT2D eigenvalue weighted by molar-refractivity contribution is 0.201. The molecule has 2 nitrogen and oxygen atoms in total. The lowest BCUT2D eigenvalue weighted by atomic mass is 9.99. The van der Waals surface area contributed by atoms with E-state index in [1.807, 2.05) is 0 Å². The van der Waals surface area contributed by atoms with Gasteiger partial charge < -0.3 is 5.32 Å². The monoisotopic (exact) mass is 228 g/mol. The molecule has 2 aliphatic heterocycles. The number of nitrogens with zero attached hydrogens (tertiary/aromatic N) is 1. The molecule has 0 aromatic rings. The molecule has 0 bridgehead atoms. The summed E-state index contributed by atoms with van der Waals surface area (Å²) in [5.74, 6) is 0. The molecule has 0 saturated carbocycles. The summed E-state index contributed by atoms with van der Waals surface area (Å²) < 4.78 is 0. The highest BCUT2D eigenvalue weighted by Crippen LogP contribution is 2.27. The van der Waals surface area contributed by atoms with Crippen molar-refractivity contribution >= 4 is 11.8 Å². The molecule has 0 radical (unpaired) electrons. The predicted octanol–water partition coefficient (Wildman–Crippen LogP) is 1.95. The van der Waals surface area contributed by atoms with Crippen LogP contribution in [0.25, 0.3) is 0 Å². The number of thioether (sulfide) groups is 1. The average Bonchev–Trinajstić information content (AvgIpc) is 2.49. The fourth-order valence-electron chi connectivity index (χ4n) is 3.00. The molecule has 0 aromatic carbocycles. The molecule has 0 amide bonds. The molecule has 0 aromatic heterocycles. The SMILES string of the molecule is CC1CN(CC2(C)CCCN2)CC(C)S1. The zero-order chi connectivity index (χ0) is 10.9. The minimum Gasteiger partial charge on any atom is -0.310 e. The van der Waals surface area contributed by atoms with Gasteiger partial charge in [-0.2, -0.15) is 11.8 Å². The second-order valence-corrected chi connectivity index (χ2v) is 7.42. The lowest BCUT2D eigenvalue weighted by Crippen LogP contribution is -2.51. The maximum absolute atomic E-state index is 3.66. The maximum atomic E-state index is 3.66. The topological polar surface area (TPSA) is 15.3 Å². The van der Waals surface area contributed by atoms with Crippen molar-refractivity contribution < 1.29 is 0 Å². The molecule has 0 aliphatic carbocycles. The number of rotatable bonds is 2. The Morgan fingerprint density at radius 2 is 2.00 bits per heavy atom. The third kappa shape index (κ3) is 3.11. The van der Waals surface area contributed by atoms with Gasteiger partial charge in [0.05, 0.1) is 0 Å². The van der Waals surface area contributed by atoms with E-state index in [4.69, 9.17) is 0 Å². The molecule has 2 heterocycles. The zero-order valence-corrected chi connectivity index (χ0v) is 11.1. The highest BCUT2D eigenvalue weighted by atomic mass is 32.2. The van der Waals surface area contributed by atoms with Gasteiger partial charge in [0.15, 0.2) is 0 Å². The number of nitrogens with one attached hydrogen (secondary N) is 1. The van der Waals surface area contributed by atoms with Gasteiger partial charge in [0, 0.05) is 35.7 Å². The fourth-order valence-corrected chi connectivity index (χ4v) is 4.39. The van der Waals surface area contributed by atoms with E-state index in [1.54, 1.807) is 0 Å². The fraction of sp³-hybridized carbons (Fsp3) is 1.00. The van der Waals surface area contributed by atoms with Crippen LogP contribution in [0.3, 0.4) is 0 Å². The Balaban J connectivity index is 1.87. The van der Waals surface area contributed by atoms with Crippen LogP contribution in [0.4, 0.5) is 0 Å². The van der Waals surface area contributed by atoms with Crippen LogP contribution in [0.15, 0.2) is 0 Å². The first-order chi connectivity index (χ1) is 7.07. The molecule has 2 aliphatic rings. The van der Waals surface area contributed by atoms with E-state index in [1.165, 1.54) is 39.0 Å². The Kier molecular flexibility index (Phi) is 3.63. The quantitative estimate of drug-likeness (QED) is 0.778. The van der Waals surface area contributed by atoms with Gasteiger partial charge in [-0.1, -0.05) is 13.8 Å². The third-order valence-electron chi connectivity index (χ3n) is 3.52. The molecule has 3 atom stereocenters. The maximum Gasteiger partial charge on any atom is 0.0280 e. The normalized spacial score (nSPS) is 43.4. The second kappa shape index (κ2) is 4.64. The number of hydrogen-bond acceptors (Lipinski definition) is 3. The van der Waals surface area contributed by atoms with Crippen molar-refractivity contribution in [2.45, 2.75) is 49.7 Å². The largest absolute Gasteiger partial charge is 0.310 e. The van der Waals surface area contributed by atoms with Crippen LogP contribution in [-0.4, -0.2) is 47.1 Å². The van der Waals surface area contributed by atoms with Crippen molar-refractivity contribution in [3.8, 4) is 0 Å². The first-order valence-corrected chi connectivity index (χ1v) is 7.14. The first kappa shape index (κ1) is 11.7. The highest BCUT2D eigenvalue weighted by Gasteiger charge is 2.32. The Labute approximate surface area is 98.2 Å². The first-order valence-electron chi connectivity index (χ1n) is 6.20. The highest BCUT2D eigenvalue weighted by molar-refractivity contribution is 8.00. The van der Waals surface area contributed by atoms with Crippen molar-refractivity contribution in [2.75, 3.05) is 26.2 Å². The van der Waals surface area contributed by atoms with E-state index >= 15 is 0 Å². The van der Waals surface area contributed by atoms with Gasteiger partial charge in [-0.3, -0.25) is 4.90 Å². The van der Waals surface area contributed by atoms with Crippen LogP contribution >= 0.6 is 11.8 Å². The van der Waals surface area contributed by atoms with E-state index in [-0.39, 0.29) is 0 Å². The summed E-state index contributed by atoms with van der Waals surface area (Å²) in [4.78, 5) is 2.66. The average molecular weight is 228 g/mol. The summed E-state index contributed by atoms with van der Waals surface area (Å²) >= 11 is 2.14. The Morgan fingerprint density at radius 3 is 2.53 bits per heavy atom. The summed E-state index contributed by atoms with van der Waals surface area (Å²) in [5, 5.41) is 5.27. The van der Waals surface area contributed by atoms with Gasteiger partial charge >= 0.3 is 0 Å². The molecule has 2 rings (SSSR count). The van der Waals surface area contributed by atoms with Crippen LogP contribution in [0, 0.1) is 0 Å². The van der Waals surface area contributed by atoms with Gasteiger partial charge in [-0.25, -0.2) is 0 Å². The van der Waals surface area contributed by atoms with Gasteiger partial charge in [0.1, 0.15) is 0 Å². The molecule has 2 fully saturated rings. The van der Waals surface area contributed by atoms with Gasteiger partial charge in [-0.15, -0.1) is 0 Å². The molecule has 0 spiro atoms. The summed E-state index contributed by atoms with van der Waals surface area (Å²) in [6.07, 6.45) is 2.70. The minimum atomic E-state index is 0.390. The molecule has 15 heavy (non-hydrogen) atoms. The van der Waals surface area contributed by atoms with Gasteiger partial charge in [-0.05, 0) is 26.3 Å². The van der Waals surface area contributed by atoms with Crippen molar-refractivity contribution in [3.63, 3.8) is 0 Å². The summed E-state index contributed by atoms with van der Waals surface area (Å²) in [6, 6.07) is 0. The van der Waals surface area contributed by atoms with E-state index in [9.17, 15) is 0 Å². The van der Waals surface area contributed by atoms with Crippen LogP contribution in [0.2, 0.25) is 0 Å². The lowest BCUT2D eigenvalue weighted by Gasteiger charge is -2.39. The van der Waals surface area contributed by atoms with Crippen molar-refractivity contribution in [2.24, 2.45) is 0 Å². The molecule has 1 N–H and O–H groups in total. The summed E-state index contributed by atoms with van der Waals surface area (Å²) in [6.45, 7) is 12.1. The molecular weight excluding hydrogens is 204 g/mol. The van der Waals surface area contributed by atoms with E-state index in [0.29, 0.717) is 5.54 Å². The summed E-state index contributed by atoms with van der Waals surface area (Å²) in [5.41, 5.74) is 0.390. The van der Waals surface area contributed by atoms with E-state index in [2.05, 4.69) is 42.7 Å². The third-order valence-corrected chi connectivity index (χ3v) is 4.75. The molecule has 3 unspecified atom stereocenters. The van der Waals surface area contributed by atoms with Crippen molar-refractivity contribution in [1.29, 1.82) is 0 Å². The van der Waals surface area contributed by atoms with E-state index in [0.717, 1.165) is 10.5 Å². The standard InChI is InChI=1S/C12H24N2S/c1-10-7-14(8-11(2)15-10)9-12(3)5-4-6-13-12/h10-11,13H,4-9H2,1-3H3. The minimum absolute atomic E-state index is 0.390. The van der Waals surface area contributed by atoms with E-state index < -0.39 is 0 Å². The molecule has 3 heteroatoms. The van der Waals surface area contributed by atoms with Crippen LogP contribution in [0.5, 0.6) is 0 Å². The van der Waals surface area contributed by atoms with Gasteiger partial charge in [0.25, 0.3) is 0 Å². The molecule has 88 valence electrons. The molecule has 2 saturated heterocycles. The van der Waals surface area contributed by atoms with Crippen molar-refractivity contribution in [1.82, 2.24) is 10.2 Å².